The van der Waals surface area contributed by atoms with Crippen LogP contribution >= 0.6 is 15.9 Å². The molecule has 0 unspecified atom stereocenters. The highest BCUT2D eigenvalue weighted by Crippen LogP contribution is 2.23. The van der Waals surface area contributed by atoms with E-state index in [0.29, 0.717) is 18.9 Å². The van der Waals surface area contributed by atoms with E-state index in [1.807, 2.05) is 29.2 Å². The molecule has 1 saturated heterocycles. The maximum absolute atomic E-state index is 11.3. The van der Waals surface area contributed by atoms with Crippen LogP contribution < -0.4 is 4.90 Å². The van der Waals surface area contributed by atoms with Crippen molar-refractivity contribution in [1.82, 2.24) is 9.97 Å². The maximum atomic E-state index is 11.3. The van der Waals surface area contributed by atoms with Gasteiger partial charge in [-0.25, -0.2) is 9.97 Å². The summed E-state index contributed by atoms with van der Waals surface area (Å²) in [5.41, 5.74) is 2.04. The molecule has 2 aromatic rings. The molecular weight excluding hydrogens is 306 g/mol. The van der Waals surface area contributed by atoms with Crippen LogP contribution in [0.4, 0.5) is 5.95 Å². The Labute approximate surface area is 119 Å². The number of carbonyl (C=O) groups excluding carboxylic acids is 1. The molecule has 4 nitrogen and oxygen atoms in total. The Kier molecular flexibility index (Phi) is 3.29. The summed E-state index contributed by atoms with van der Waals surface area (Å²) < 4.78 is 1.03. The summed E-state index contributed by atoms with van der Waals surface area (Å²) in [5.74, 6) is 0.879. The van der Waals surface area contributed by atoms with E-state index in [0.717, 1.165) is 22.1 Å². The van der Waals surface area contributed by atoms with Crippen LogP contribution in [0.2, 0.25) is 0 Å². The molecule has 1 fully saturated rings. The van der Waals surface area contributed by atoms with Gasteiger partial charge < -0.3 is 4.90 Å². The van der Waals surface area contributed by atoms with Gasteiger partial charge in [-0.2, -0.15) is 0 Å². The zero-order valence-electron chi connectivity index (χ0n) is 10.2. The number of Topliss-reactive ketones (excluding diaryl/α,β-unsaturated/α-hetero) is 1. The zero-order chi connectivity index (χ0) is 13.2. The molecule has 1 aromatic heterocycles. The highest BCUT2D eigenvalue weighted by Gasteiger charge is 2.21. The molecule has 2 heterocycles. The van der Waals surface area contributed by atoms with E-state index in [1.165, 1.54) is 0 Å². The minimum Gasteiger partial charge on any atom is -0.333 e. The van der Waals surface area contributed by atoms with E-state index in [4.69, 9.17) is 0 Å². The number of nitrogens with zero attached hydrogens (tertiary/aromatic N) is 3. The van der Waals surface area contributed by atoms with Crippen LogP contribution in [0.25, 0.3) is 11.1 Å². The Morgan fingerprint density at radius 3 is 2.58 bits per heavy atom. The number of anilines is 1. The molecule has 0 amide bonds. The predicted molar refractivity (Wildman–Crippen MR) is 77.0 cm³/mol. The fourth-order valence-corrected chi connectivity index (χ4v) is 2.50. The van der Waals surface area contributed by atoms with Crippen LogP contribution in [0.5, 0.6) is 0 Å². The van der Waals surface area contributed by atoms with Crippen molar-refractivity contribution >= 4 is 27.7 Å². The predicted octanol–water partition coefficient (Wildman–Crippen LogP) is 2.69. The molecule has 0 saturated carbocycles. The number of hydrogen-bond acceptors (Lipinski definition) is 4. The Bertz CT molecular complexity index is 612. The molecule has 0 aliphatic carbocycles. The number of rotatable bonds is 2. The molecule has 0 radical (unpaired) electrons. The van der Waals surface area contributed by atoms with Gasteiger partial charge in [0.05, 0.1) is 6.54 Å². The van der Waals surface area contributed by atoms with Gasteiger partial charge >= 0.3 is 0 Å². The van der Waals surface area contributed by atoms with Gasteiger partial charge in [-0.3, -0.25) is 4.79 Å². The molecule has 0 spiro atoms. The standard InChI is InChI=1S/C14H12BrN3O/c15-12-3-1-2-10(6-12)11-7-16-14(17-8-11)18-5-4-13(19)9-18/h1-3,6-8H,4-5,9H2. The highest BCUT2D eigenvalue weighted by atomic mass is 79.9. The zero-order valence-corrected chi connectivity index (χ0v) is 11.8. The molecule has 19 heavy (non-hydrogen) atoms. The minimum atomic E-state index is 0.250. The van der Waals surface area contributed by atoms with Crippen LogP contribution in [-0.4, -0.2) is 28.8 Å². The summed E-state index contributed by atoms with van der Waals surface area (Å²) in [6, 6.07) is 8.00. The number of hydrogen-bond donors (Lipinski definition) is 0. The maximum Gasteiger partial charge on any atom is 0.225 e. The van der Waals surface area contributed by atoms with Crippen molar-refractivity contribution in [2.24, 2.45) is 0 Å². The largest absolute Gasteiger partial charge is 0.333 e. The molecule has 1 aliphatic rings. The molecule has 0 N–H and O–H groups in total. The van der Waals surface area contributed by atoms with Crippen LogP contribution in [0.3, 0.4) is 0 Å². The molecule has 5 heteroatoms. The van der Waals surface area contributed by atoms with Crippen LogP contribution in [0.1, 0.15) is 6.42 Å². The molecule has 96 valence electrons. The number of ketones is 1. The fraction of sp³-hybridized carbons (Fsp3) is 0.214. The van der Waals surface area contributed by atoms with Gasteiger partial charge in [0, 0.05) is 35.4 Å². The first kappa shape index (κ1) is 12.3. The lowest BCUT2D eigenvalue weighted by Crippen LogP contribution is -2.21. The van der Waals surface area contributed by atoms with Gasteiger partial charge in [-0.1, -0.05) is 28.1 Å². The minimum absolute atomic E-state index is 0.250. The number of carbonyl (C=O) groups is 1. The van der Waals surface area contributed by atoms with Crippen molar-refractivity contribution in [2.45, 2.75) is 6.42 Å². The van der Waals surface area contributed by atoms with Gasteiger partial charge in [0.2, 0.25) is 5.95 Å². The quantitative estimate of drug-likeness (QED) is 0.854. The molecule has 3 rings (SSSR count). The van der Waals surface area contributed by atoms with E-state index in [9.17, 15) is 4.79 Å². The number of aromatic nitrogens is 2. The molecule has 0 atom stereocenters. The Morgan fingerprint density at radius 2 is 1.95 bits per heavy atom. The van der Waals surface area contributed by atoms with Gasteiger partial charge in [0.15, 0.2) is 5.78 Å². The Balaban J connectivity index is 1.85. The van der Waals surface area contributed by atoms with Gasteiger partial charge in [0.25, 0.3) is 0 Å². The lowest BCUT2D eigenvalue weighted by Gasteiger charge is -2.13. The first-order valence-corrected chi connectivity index (χ1v) is 6.86. The summed E-state index contributed by atoms with van der Waals surface area (Å²) in [6.07, 6.45) is 4.19. The monoisotopic (exact) mass is 317 g/mol. The molecule has 1 aliphatic heterocycles. The van der Waals surface area contributed by atoms with Gasteiger partial charge in [0.1, 0.15) is 0 Å². The second kappa shape index (κ2) is 5.09. The molecule has 1 aromatic carbocycles. The molecular formula is C14H12BrN3O. The average Bonchev–Trinajstić information content (AvgIpc) is 2.86. The summed E-state index contributed by atoms with van der Waals surface area (Å²) in [7, 11) is 0. The van der Waals surface area contributed by atoms with Crippen molar-refractivity contribution in [3.63, 3.8) is 0 Å². The third-order valence-corrected chi connectivity index (χ3v) is 3.60. The molecule has 0 bridgehead atoms. The third-order valence-electron chi connectivity index (χ3n) is 3.11. The van der Waals surface area contributed by atoms with Gasteiger partial charge in [-0.05, 0) is 17.7 Å². The Hall–Kier alpha value is -1.75. The first-order valence-electron chi connectivity index (χ1n) is 6.07. The average molecular weight is 318 g/mol. The number of benzene rings is 1. The fourth-order valence-electron chi connectivity index (χ4n) is 2.10. The van der Waals surface area contributed by atoms with Crippen molar-refractivity contribution in [3.8, 4) is 11.1 Å². The van der Waals surface area contributed by atoms with Crippen molar-refractivity contribution in [3.05, 3.63) is 41.1 Å². The van der Waals surface area contributed by atoms with Crippen molar-refractivity contribution < 1.29 is 4.79 Å². The summed E-state index contributed by atoms with van der Waals surface area (Å²) in [4.78, 5) is 21.9. The second-order valence-electron chi connectivity index (χ2n) is 4.49. The Morgan fingerprint density at radius 1 is 1.16 bits per heavy atom. The van der Waals surface area contributed by atoms with Crippen LogP contribution in [0.15, 0.2) is 41.1 Å². The van der Waals surface area contributed by atoms with E-state index in [-0.39, 0.29) is 5.78 Å². The highest BCUT2D eigenvalue weighted by molar-refractivity contribution is 9.10. The van der Waals surface area contributed by atoms with E-state index >= 15 is 0 Å². The van der Waals surface area contributed by atoms with E-state index < -0.39 is 0 Å². The SMILES string of the molecule is O=C1CCN(c2ncc(-c3cccc(Br)c3)cn2)C1. The van der Waals surface area contributed by atoms with Gasteiger partial charge in [-0.15, -0.1) is 0 Å². The first-order chi connectivity index (χ1) is 9.22. The second-order valence-corrected chi connectivity index (χ2v) is 5.41. The van der Waals surface area contributed by atoms with Crippen molar-refractivity contribution in [2.75, 3.05) is 18.0 Å². The topological polar surface area (TPSA) is 46.1 Å². The summed E-state index contributed by atoms with van der Waals surface area (Å²) >= 11 is 3.45. The summed E-state index contributed by atoms with van der Waals surface area (Å²) in [6.45, 7) is 1.14. The van der Waals surface area contributed by atoms with Crippen molar-refractivity contribution in [1.29, 1.82) is 0 Å². The van der Waals surface area contributed by atoms with Crippen LogP contribution in [-0.2, 0) is 4.79 Å². The third kappa shape index (κ3) is 2.66. The smallest absolute Gasteiger partial charge is 0.225 e. The number of halogens is 1. The van der Waals surface area contributed by atoms with Crippen LogP contribution in [0, 0.1) is 0 Å². The lowest BCUT2D eigenvalue weighted by molar-refractivity contribution is -0.116. The van der Waals surface area contributed by atoms with E-state index in [1.54, 1.807) is 12.4 Å². The van der Waals surface area contributed by atoms with E-state index in [2.05, 4.69) is 25.9 Å². The normalized spacial score (nSPS) is 15.0. The lowest BCUT2D eigenvalue weighted by atomic mass is 10.1. The summed E-state index contributed by atoms with van der Waals surface area (Å²) in [5, 5.41) is 0.